The summed E-state index contributed by atoms with van der Waals surface area (Å²) in [5, 5.41) is 0. The first kappa shape index (κ1) is 22.6. The molecule has 0 aliphatic heterocycles. The number of ether oxygens (including phenoxy) is 2. The van der Waals surface area contributed by atoms with Gasteiger partial charge >= 0.3 is 0 Å². The number of hydrogen-bond acceptors (Lipinski definition) is 2. The lowest BCUT2D eigenvalue weighted by atomic mass is 9.74. The number of allylic oxidation sites excluding steroid dienone is 4. The van der Waals surface area contributed by atoms with Crippen molar-refractivity contribution in [1.82, 2.24) is 0 Å². The first-order valence-corrected chi connectivity index (χ1v) is 11.9. The van der Waals surface area contributed by atoms with E-state index < -0.39 is 11.7 Å². The number of aryl methyl sites for hydroxylation is 1. The summed E-state index contributed by atoms with van der Waals surface area (Å²) in [5.41, 5.74) is 3.01. The zero-order valence-corrected chi connectivity index (χ0v) is 19.7. The van der Waals surface area contributed by atoms with Crippen LogP contribution in [0.4, 0.5) is 0 Å². The van der Waals surface area contributed by atoms with Crippen LogP contribution in [0.2, 0.25) is 0 Å². The van der Waals surface area contributed by atoms with Gasteiger partial charge in [0.25, 0.3) is 0 Å². The van der Waals surface area contributed by atoms with E-state index in [1.165, 1.54) is 30.4 Å². The summed E-state index contributed by atoms with van der Waals surface area (Å²) < 4.78 is 13.6. The van der Waals surface area contributed by atoms with Crippen molar-refractivity contribution in [3.63, 3.8) is 0 Å². The van der Waals surface area contributed by atoms with Crippen molar-refractivity contribution < 1.29 is 9.47 Å². The predicted molar refractivity (Wildman–Crippen MR) is 133 cm³/mol. The number of rotatable bonds is 9. The topological polar surface area (TPSA) is 18.5 Å². The maximum absolute atomic E-state index is 6.94. The largest absolute Gasteiger partial charge is 0.464 e. The zero-order valence-electron chi connectivity index (χ0n) is 19.7. The van der Waals surface area contributed by atoms with Crippen LogP contribution in [-0.4, -0.2) is 12.4 Å². The maximum Gasteiger partial charge on any atom is 0.213 e. The molecule has 2 aliphatic carbocycles. The van der Waals surface area contributed by atoms with Crippen molar-refractivity contribution in [2.75, 3.05) is 0 Å². The predicted octanol–water partition coefficient (Wildman–Crippen LogP) is 7.55. The maximum atomic E-state index is 6.94. The van der Waals surface area contributed by atoms with Crippen LogP contribution in [0.3, 0.4) is 0 Å². The second-order valence-electron chi connectivity index (χ2n) is 9.54. The van der Waals surface area contributed by atoms with E-state index in [9.17, 15) is 0 Å². The highest BCUT2D eigenvalue weighted by Crippen LogP contribution is 2.48. The lowest BCUT2D eigenvalue weighted by Gasteiger charge is -2.41. The zero-order chi connectivity index (χ0) is 22.6. The van der Waals surface area contributed by atoms with Gasteiger partial charge in [-0.05, 0) is 81.6 Å². The summed E-state index contributed by atoms with van der Waals surface area (Å²) in [4.78, 5) is 0. The average Bonchev–Trinajstić information content (AvgIpc) is 3.43. The highest BCUT2D eigenvalue weighted by Gasteiger charge is 2.47. The molecule has 2 aromatic carbocycles. The van der Waals surface area contributed by atoms with Gasteiger partial charge in [0.15, 0.2) is 0 Å². The molecule has 2 heteroatoms. The second-order valence-corrected chi connectivity index (χ2v) is 9.54. The van der Waals surface area contributed by atoms with E-state index in [0.717, 1.165) is 23.7 Å². The Kier molecular flexibility index (Phi) is 7.01. The van der Waals surface area contributed by atoms with Gasteiger partial charge in [-0.25, -0.2) is 0 Å². The van der Waals surface area contributed by atoms with Crippen molar-refractivity contribution >= 4 is 0 Å². The molecule has 4 rings (SSSR count). The molecule has 0 amide bonds. The molecule has 0 heterocycles. The van der Waals surface area contributed by atoms with Crippen LogP contribution in [-0.2, 0) is 10.2 Å². The van der Waals surface area contributed by atoms with Crippen LogP contribution in [0, 0.1) is 18.8 Å². The second kappa shape index (κ2) is 9.92. The normalized spacial score (nSPS) is 25.6. The molecule has 0 aromatic heterocycles. The van der Waals surface area contributed by atoms with Gasteiger partial charge in [0, 0.05) is 0 Å². The SMILES string of the molecule is C=C/C=C(\C=C/C)C(C)(c1ccccc1)C(Oc1ccc(C)cc1)OC1CC2CCC1C2. The molecule has 2 bridgehead atoms. The summed E-state index contributed by atoms with van der Waals surface area (Å²) in [6, 6.07) is 18.9. The van der Waals surface area contributed by atoms with E-state index in [4.69, 9.17) is 9.47 Å². The van der Waals surface area contributed by atoms with Gasteiger partial charge in [0.1, 0.15) is 5.75 Å². The molecule has 5 atom stereocenters. The first-order valence-electron chi connectivity index (χ1n) is 11.9. The van der Waals surface area contributed by atoms with Crippen LogP contribution >= 0.6 is 0 Å². The molecular formula is C30H36O2. The molecule has 2 aromatic rings. The Labute approximate surface area is 193 Å². The Morgan fingerprint density at radius 3 is 2.41 bits per heavy atom. The Hall–Kier alpha value is -2.58. The smallest absolute Gasteiger partial charge is 0.213 e. The highest BCUT2D eigenvalue weighted by atomic mass is 16.7. The van der Waals surface area contributed by atoms with E-state index in [0.29, 0.717) is 5.92 Å². The molecule has 0 radical (unpaired) electrons. The third-order valence-corrected chi connectivity index (χ3v) is 7.32. The van der Waals surface area contributed by atoms with Gasteiger partial charge < -0.3 is 9.47 Å². The molecule has 32 heavy (non-hydrogen) atoms. The van der Waals surface area contributed by atoms with Crippen LogP contribution in [0.25, 0.3) is 0 Å². The molecule has 2 aliphatic rings. The lowest BCUT2D eigenvalue weighted by molar-refractivity contribution is -0.161. The van der Waals surface area contributed by atoms with Crippen molar-refractivity contribution in [2.45, 2.75) is 64.3 Å². The van der Waals surface area contributed by atoms with Gasteiger partial charge in [-0.3, -0.25) is 0 Å². The van der Waals surface area contributed by atoms with Gasteiger partial charge in [-0.15, -0.1) is 0 Å². The summed E-state index contributed by atoms with van der Waals surface area (Å²) in [6.07, 6.45) is 13.0. The van der Waals surface area contributed by atoms with Crippen LogP contribution < -0.4 is 4.74 Å². The molecule has 2 nitrogen and oxygen atoms in total. The number of hydrogen-bond donors (Lipinski definition) is 0. The van der Waals surface area contributed by atoms with Gasteiger partial charge in [0.05, 0.1) is 11.5 Å². The Morgan fingerprint density at radius 2 is 1.81 bits per heavy atom. The van der Waals surface area contributed by atoms with E-state index in [1.54, 1.807) is 0 Å². The quantitative estimate of drug-likeness (QED) is 0.303. The third-order valence-electron chi connectivity index (χ3n) is 7.32. The summed E-state index contributed by atoms with van der Waals surface area (Å²) in [5.74, 6) is 2.30. The molecule has 0 N–H and O–H groups in total. The van der Waals surface area contributed by atoms with Crippen molar-refractivity contribution in [3.8, 4) is 5.75 Å². The Morgan fingerprint density at radius 1 is 1.06 bits per heavy atom. The number of benzene rings is 2. The summed E-state index contributed by atoms with van der Waals surface area (Å²) >= 11 is 0. The van der Waals surface area contributed by atoms with Gasteiger partial charge in [-0.1, -0.05) is 78.9 Å². The minimum Gasteiger partial charge on any atom is -0.464 e. The fourth-order valence-electron chi connectivity index (χ4n) is 5.47. The Balaban J connectivity index is 1.78. The molecule has 2 fully saturated rings. The summed E-state index contributed by atoms with van der Waals surface area (Å²) in [6.45, 7) is 10.4. The van der Waals surface area contributed by atoms with Crippen LogP contribution in [0.15, 0.2) is 91.1 Å². The highest BCUT2D eigenvalue weighted by molar-refractivity contribution is 5.44. The third kappa shape index (κ3) is 4.61. The van der Waals surface area contributed by atoms with Crippen molar-refractivity contribution in [1.29, 1.82) is 0 Å². The number of fused-ring (bicyclic) bond motifs is 2. The summed E-state index contributed by atoms with van der Waals surface area (Å²) in [7, 11) is 0. The van der Waals surface area contributed by atoms with Crippen molar-refractivity contribution in [2.24, 2.45) is 11.8 Å². The van der Waals surface area contributed by atoms with E-state index in [1.807, 2.05) is 18.2 Å². The van der Waals surface area contributed by atoms with Crippen molar-refractivity contribution in [3.05, 3.63) is 102 Å². The molecule has 0 spiro atoms. The van der Waals surface area contributed by atoms with E-state index in [-0.39, 0.29) is 6.10 Å². The lowest BCUT2D eigenvalue weighted by Crippen LogP contribution is -2.46. The van der Waals surface area contributed by atoms with Crippen LogP contribution in [0.5, 0.6) is 5.75 Å². The fourth-order valence-corrected chi connectivity index (χ4v) is 5.47. The standard InChI is InChI=1S/C30H36O2/c1-5-10-25(11-6-2)30(4,26-12-8-7-9-13-26)29(31-27-18-14-22(3)15-19-27)32-28-21-23-16-17-24(28)20-23/h5-15,18-19,23-24,28-29H,1,16-17,20-21H2,2-4H3/b11-6-,25-10+. The van der Waals surface area contributed by atoms with Gasteiger partial charge in [0.2, 0.25) is 6.29 Å². The molecule has 5 unspecified atom stereocenters. The van der Waals surface area contributed by atoms with Crippen LogP contribution in [0.1, 0.15) is 50.7 Å². The minimum absolute atomic E-state index is 0.253. The molecular weight excluding hydrogens is 392 g/mol. The first-order chi connectivity index (χ1) is 15.5. The fraction of sp³-hybridized carbons (Fsp3) is 0.400. The van der Waals surface area contributed by atoms with Gasteiger partial charge in [-0.2, -0.15) is 0 Å². The molecule has 0 saturated heterocycles. The molecule has 168 valence electrons. The monoisotopic (exact) mass is 428 g/mol. The van der Waals surface area contributed by atoms with E-state index >= 15 is 0 Å². The van der Waals surface area contributed by atoms with E-state index in [2.05, 4.69) is 88.0 Å². The Bertz CT molecular complexity index is 956. The minimum atomic E-state index is -0.505. The average molecular weight is 429 g/mol. The molecule has 2 saturated carbocycles.